The van der Waals surface area contributed by atoms with E-state index in [-0.39, 0.29) is 18.2 Å². The van der Waals surface area contributed by atoms with Crippen LogP contribution in [0.15, 0.2) is 47.2 Å². The molecule has 0 aliphatic heterocycles. The Kier molecular flexibility index (Phi) is 4.44. The number of H-pyrrole nitrogens is 1. The highest BCUT2D eigenvalue weighted by Gasteiger charge is 2.19. The summed E-state index contributed by atoms with van der Waals surface area (Å²) in [4.78, 5) is 21.0. The van der Waals surface area contributed by atoms with Crippen molar-refractivity contribution < 1.29 is 13.9 Å². The minimum absolute atomic E-state index is 0.107. The van der Waals surface area contributed by atoms with Gasteiger partial charge in [-0.25, -0.2) is 4.98 Å². The number of pyridine rings is 1. The highest BCUT2D eigenvalue weighted by atomic mass is 16.5. The van der Waals surface area contributed by atoms with Gasteiger partial charge in [0.25, 0.3) is 5.91 Å². The molecule has 1 aliphatic carbocycles. The summed E-state index contributed by atoms with van der Waals surface area (Å²) >= 11 is 0. The fourth-order valence-electron chi connectivity index (χ4n) is 3.60. The van der Waals surface area contributed by atoms with Crippen LogP contribution in [0.2, 0.25) is 0 Å². The number of amides is 1. The third-order valence-corrected chi connectivity index (χ3v) is 5.04. The number of rotatable bonds is 6. The van der Waals surface area contributed by atoms with E-state index in [0.717, 1.165) is 35.9 Å². The predicted octanol–water partition coefficient (Wildman–Crippen LogP) is 2.94. The molecular formula is C21H19N5O3. The number of carbonyl (C=O) groups excluding carboxylic acids is 1. The smallest absolute Gasteiger partial charge is 0.273 e. The number of hydrogen-bond acceptors (Lipinski definition) is 6. The summed E-state index contributed by atoms with van der Waals surface area (Å²) in [5.74, 6) is 0.657. The second kappa shape index (κ2) is 7.38. The molecule has 1 aliphatic rings. The van der Waals surface area contributed by atoms with Gasteiger partial charge < -0.3 is 14.5 Å². The lowest BCUT2D eigenvalue weighted by atomic mass is 10.2. The number of aryl methyl sites for hydroxylation is 1. The fraction of sp³-hybridized carbons (Fsp3) is 0.238. The van der Waals surface area contributed by atoms with Crippen LogP contribution in [0.4, 0.5) is 0 Å². The molecule has 0 unspecified atom stereocenters. The molecular weight excluding hydrogens is 370 g/mol. The molecule has 0 bridgehead atoms. The van der Waals surface area contributed by atoms with Crippen molar-refractivity contribution in [3.63, 3.8) is 0 Å². The first-order chi connectivity index (χ1) is 14.3. The molecule has 0 spiro atoms. The van der Waals surface area contributed by atoms with E-state index in [4.69, 9.17) is 9.15 Å². The highest BCUT2D eigenvalue weighted by Crippen LogP contribution is 2.24. The van der Waals surface area contributed by atoms with Crippen molar-refractivity contribution in [3.8, 4) is 5.75 Å². The van der Waals surface area contributed by atoms with E-state index in [1.54, 1.807) is 6.20 Å². The van der Waals surface area contributed by atoms with Crippen LogP contribution in [0.5, 0.6) is 5.75 Å². The summed E-state index contributed by atoms with van der Waals surface area (Å²) in [6.07, 6.45) is 6.21. The molecule has 29 heavy (non-hydrogen) atoms. The fourth-order valence-corrected chi connectivity index (χ4v) is 3.60. The molecule has 5 rings (SSSR count). The number of nitrogens with zero attached hydrogens (tertiary/aromatic N) is 3. The second-order valence-electron chi connectivity index (χ2n) is 6.91. The Labute approximate surface area is 166 Å². The first-order valence-electron chi connectivity index (χ1n) is 9.52. The maximum absolute atomic E-state index is 12.4. The van der Waals surface area contributed by atoms with Gasteiger partial charge in [0.15, 0.2) is 12.3 Å². The van der Waals surface area contributed by atoms with Crippen molar-refractivity contribution in [1.29, 1.82) is 0 Å². The Balaban J connectivity index is 1.21. The predicted molar refractivity (Wildman–Crippen MR) is 104 cm³/mol. The summed E-state index contributed by atoms with van der Waals surface area (Å²) in [5, 5.41) is 11.2. The van der Waals surface area contributed by atoms with Gasteiger partial charge in [0, 0.05) is 17.3 Å². The summed E-state index contributed by atoms with van der Waals surface area (Å²) < 4.78 is 11.2. The first kappa shape index (κ1) is 17.4. The topological polar surface area (TPSA) is 106 Å². The van der Waals surface area contributed by atoms with Crippen molar-refractivity contribution in [2.75, 3.05) is 0 Å². The summed E-state index contributed by atoms with van der Waals surface area (Å²) in [7, 11) is 0. The number of carbonyl (C=O) groups is 1. The monoisotopic (exact) mass is 389 g/mol. The molecule has 3 aromatic heterocycles. The van der Waals surface area contributed by atoms with Crippen molar-refractivity contribution in [1.82, 2.24) is 25.5 Å². The zero-order chi connectivity index (χ0) is 19.6. The summed E-state index contributed by atoms with van der Waals surface area (Å²) in [6, 6.07) is 9.56. The number of ether oxygens (including phenoxy) is 1. The average molecular weight is 389 g/mol. The Hall–Kier alpha value is -3.68. The van der Waals surface area contributed by atoms with Crippen LogP contribution in [0, 0.1) is 0 Å². The molecule has 8 nitrogen and oxygen atoms in total. The van der Waals surface area contributed by atoms with Crippen LogP contribution in [0.3, 0.4) is 0 Å². The van der Waals surface area contributed by atoms with Crippen LogP contribution in [-0.4, -0.2) is 26.1 Å². The molecule has 2 N–H and O–H groups in total. The third-order valence-electron chi connectivity index (χ3n) is 5.04. The lowest BCUT2D eigenvalue weighted by molar-refractivity contribution is 0.0945. The van der Waals surface area contributed by atoms with Gasteiger partial charge in [0.2, 0.25) is 5.89 Å². The highest BCUT2D eigenvalue weighted by molar-refractivity contribution is 5.91. The molecule has 4 aromatic rings. The Bertz CT molecular complexity index is 1170. The van der Waals surface area contributed by atoms with Gasteiger partial charge in [-0.15, -0.1) is 0 Å². The van der Waals surface area contributed by atoms with Gasteiger partial charge in [-0.3, -0.25) is 14.9 Å². The van der Waals surface area contributed by atoms with Crippen LogP contribution in [0.25, 0.3) is 10.9 Å². The quantitative estimate of drug-likeness (QED) is 0.525. The lowest BCUT2D eigenvalue weighted by Gasteiger charge is -2.06. The summed E-state index contributed by atoms with van der Waals surface area (Å²) in [6.45, 7) is 0.473. The molecule has 0 radical (unpaired) electrons. The normalized spacial score (nSPS) is 12.8. The number of fused-ring (bicyclic) bond motifs is 2. The first-order valence-corrected chi connectivity index (χ1v) is 9.52. The molecule has 0 fully saturated rings. The number of hydrogen-bond donors (Lipinski definition) is 2. The minimum Gasteiger partial charge on any atom is -0.482 e. The number of para-hydroxylation sites is 1. The van der Waals surface area contributed by atoms with E-state index in [0.29, 0.717) is 18.2 Å². The number of aromatic amines is 1. The van der Waals surface area contributed by atoms with Gasteiger partial charge >= 0.3 is 0 Å². The molecule has 1 aromatic carbocycles. The van der Waals surface area contributed by atoms with Gasteiger partial charge in [-0.1, -0.05) is 18.2 Å². The van der Waals surface area contributed by atoms with Gasteiger partial charge in [-0.2, -0.15) is 5.10 Å². The molecule has 0 saturated carbocycles. The van der Waals surface area contributed by atoms with Crippen LogP contribution in [-0.2, 0) is 26.0 Å². The van der Waals surface area contributed by atoms with Gasteiger partial charge in [-0.05, 0) is 37.0 Å². The Morgan fingerprint density at radius 2 is 2.17 bits per heavy atom. The van der Waals surface area contributed by atoms with Crippen molar-refractivity contribution >= 4 is 16.8 Å². The van der Waals surface area contributed by atoms with E-state index < -0.39 is 0 Å². The van der Waals surface area contributed by atoms with Gasteiger partial charge in [0.1, 0.15) is 17.5 Å². The zero-order valence-electron chi connectivity index (χ0n) is 15.6. The van der Waals surface area contributed by atoms with E-state index in [1.165, 1.54) is 17.5 Å². The van der Waals surface area contributed by atoms with Crippen LogP contribution < -0.4 is 10.1 Å². The summed E-state index contributed by atoms with van der Waals surface area (Å²) in [5.41, 5.74) is 4.28. The van der Waals surface area contributed by atoms with Crippen LogP contribution >= 0.6 is 0 Å². The number of aromatic nitrogens is 4. The van der Waals surface area contributed by atoms with E-state index in [1.807, 2.05) is 30.3 Å². The van der Waals surface area contributed by atoms with Crippen molar-refractivity contribution in [2.45, 2.75) is 32.4 Å². The van der Waals surface area contributed by atoms with Crippen molar-refractivity contribution in [3.05, 3.63) is 71.3 Å². The average Bonchev–Trinajstić information content (AvgIpc) is 3.48. The maximum atomic E-state index is 12.4. The van der Waals surface area contributed by atoms with E-state index in [9.17, 15) is 4.79 Å². The van der Waals surface area contributed by atoms with Gasteiger partial charge in [0.05, 0.1) is 12.2 Å². The number of oxazole rings is 1. The number of nitrogens with one attached hydrogen (secondary N) is 2. The van der Waals surface area contributed by atoms with Crippen LogP contribution in [0.1, 0.15) is 39.8 Å². The zero-order valence-corrected chi connectivity index (χ0v) is 15.6. The maximum Gasteiger partial charge on any atom is 0.273 e. The van der Waals surface area contributed by atoms with Crippen molar-refractivity contribution in [2.24, 2.45) is 0 Å². The molecule has 0 atom stereocenters. The molecule has 0 saturated heterocycles. The molecule has 8 heteroatoms. The molecule has 1 amide bonds. The largest absolute Gasteiger partial charge is 0.482 e. The molecule has 3 heterocycles. The van der Waals surface area contributed by atoms with E-state index in [2.05, 4.69) is 25.5 Å². The Morgan fingerprint density at radius 1 is 1.24 bits per heavy atom. The second-order valence-corrected chi connectivity index (χ2v) is 6.91. The Morgan fingerprint density at radius 3 is 3.14 bits per heavy atom. The SMILES string of the molecule is O=C(NCc1n[nH]c2c1CCC2)c1coc(COc2cccc3cccnc23)n1. The van der Waals surface area contributed by atoms with E-state index >= 15 is 0 Å². The number of benzene rings is 1. The third kappa shape index (κ3) is 3.44. The standard InChI is InChI=1S/C21H19N5O3/c27-21(23-10-16-14-6-2-7-15(14)25-26-16)17-11-29-19(24-17)12-28-18-8-1-4-13-5-3-9-22-20(13)18/h1,3-5,8-9,11H,2,6-7,10,12H2,(H,23,27)(H,25,26). The minimum atomic E-state index is -0.304. The lowest BCUT2D eigenvalue weighted by Crippen LogP contribution is -2.24. The molecule has 146 valence electrons.